The number of carbonyl (C=O) groups is 1. The Morgan fingerprint density at radius 2 is 2.10 bits per heavy atom. The number of hydrogen-bond acceptors (Lipinski definition) is 5. The number of thiazole rings is 1. The minimum absolute atomic E-state index is 0.0632. The summed E-state index contributed by atoms with van der Waals surface area (Å²) in [5, 5.41) is 0.616. The van der Waals surface area contributed by atoms with E-state index in [0.29, 0.717) is 15.6 Å². The van der Waals surface area contributed by atoms with Gasteiger partial charge in [-0.05, 0) is 12.1 Å². The zero-order chi connectivity index (χ0) is 14.5. The fourth-order valence-corrected chi connectivity index (χ4v) is 2.55. The van der Waals surface area contributed by atoms with E-state index in [9.17, 15) is 9.18 Å². The Hall–Kier alpha value is -1.79. The molecule has 0 atom stereocenters. The Kier molecular flexibility index (Phi) is 4.81. The van der Waals surface area contributed by atoms with E-state index in [1.54, 1.807) is 25.3 Å². The molecule has 0 radical (unpaired) electrons. The van der Waals surface area contributed by atoms with Gasteiger partial charge in [0.15, 0.2) is 17.3 Å². The van der Waals surface area contributed by atoms with Gasteiger partial charge in [-0.25, -0.2) is 9.37 Å². The van der Waals surface area contributed by atoms with Crippen LogP contribution in [0.4, 0.5) is 4.39 Å². The molecule has 0 fully saturated rings. The highest BCUT2D eigenvalue weighted by Gasteiger charge is 2.15. The van der Waals surface area contributed by atoms with Crippen LogP contribution in [0.1, 0.15) is 27.3 Å². The maximum Gasteiger partial charge on any atom is 0.171 e. The molecule has 0 aliphatic carbocycles. The summed E-state index contributed by atoms with van der Waals surface area (Å²) < 4.78 is 23.8. The Morgan fingerprint density at radius 1 is 1.35 bits per heavy atom. The Labute approximate surface area is 120 Å². The van der Waals surface area contributed by atoms with E-state index >= 15 is 0 Å². The number of nitrogens with zero attached hydrogens (tertiary/aromatic N) is 1. The molecule has 0 saturated heterocycles. The van der Waals surface area contributed by atoms with E-state index in [-0.39, 0.29) is 24.7 Å². The van der Waals surface area contributed by atoms with E-state index in [2.05, 4.69) is 4.98 Å². The van der Waals surface area contributed by atoms with E-state index in [4.69, 9.17) is 9.47 Å². The fraction of sp³-hybridized carbons (Fsp3) is 0.286. The number of aromatic nitrogens is 1. The summed E-state index contributed by atoms with van der Waals surface area (Å²) in [6.45, 7) is 1.87. The molecular weight excluding hydrogens is 281 g/mol. The number of benzene rings is 1. The standard InChI is InChI=1S/C14H14FNO3S/c1-9(17)14-11(7-18-2)16-13(20-14)8-19-12-6-4-3-5-10(12)15/h3-6H,7-8H2,1-2H3. The van der Waals surface area contributed by atoms with Crippen LogP contribution < -0.4 is 4.74 Å². The summed E-state index contributed by atoms with van der Waals surface area (Å²) in [6, 6.07) is 6.16. The highest BCUT2D eigenvalue weighted by atomic mass is 32.1. The number of hydrogen-bond donors (Lipinski definition) is 0. The zero-order valence-electron chi connectivity index (χ0n) is 11.2. The van der Waals surface area contributed by atoms with Gasteiger partial charge in [0.05, 0.1) is 17.2 Å². The Bertz CT molecular complexity index is 612. The summed E-state index contributed by atoms with van der Waals surface area (Å²) in [7, 11) is 1.54. The molecule has 1 heterocycles. The Morgan fingerprint density at radius 3 is 2.75 bits per heavy atom. The lowest BCUT2D eigenvalue weighted by Gasteiger charge is -2.04. The molecule has 0 amide bonds. The minimum atomic E-state index is -0.423. The van der Waals surface area contributed by atoms with E-state index in [1.807, 2.05) is 0 Å². The predicted octanol–water partition coefficient (Wildman–Crippen LogP) is 3.21. The van der Waals surface area contributed by atoms with Gasteiger partial charge in [-0.3, -0.25) is 4.79 Å². The second-order valence-corrected chi connectivity index (χ2v) is 5.18. The van der Waals surface area contributed by atoms with Crippen LogP contribution >= 0.6 is 11.3 Å². The van der Waals surface area contributed by atoms with Crippen molar-refractivity contribution in [2.75, 3.05) is 7.11 Å². The number of halogens is 1. The van der Waals surface area contributed by atoms with E-state index in [0.717, 1.165) is 0 Å². The lowest BCUT2D eigenvalue weighted by atomic mass is 10.3. The smallest absolute Gasteiger partial charge is 0.171 e. The second-order valence-electron chi connectivity index (χ2n) is 4.09. The molecule has 0 N–H and O–H groups in total. The van der Waals surface area contributed by atoms with Crippen molar-refractivity contribution >= 4 is 17.1 Å². The number of carbonyl (C=O) groups excluding carboxylic acids is 1. The summed E-state index contributed by atoms with van der Waals surface area (Å²) >= 11 is 1.24. The van der Waals surface area contributed by atoms with Crippen molar-refractivity contribution in [1.29, 1.82) is 0 Å². The molecule has 0 saturated carbocycles. The number of Topliss-reactive ketones (excluding diaryl/α,β-unsaturated/α-hetero) is 1. The van der Waals surface area contributed by atoms with Crippen LogP contribution in [0.15, 0.2) is 24.3 Å². The van der Waals surface area contributed by atoms with Crippen molar-refractivity contribution in [2.24, 2.45) is 0 Å². The summed E-state index contributed by atoms with van der Waals surface area (Å²) in [5.74, 6) is -0.319. The first kappa shape index (κ1) is 14.6. The monoisotopic (exact) mass is 295 g/mol. The average Bonchev–Trinajstić information content (AvgIpc) is 2.82. The summed E-state index contributed by atoms with van der Waals surface area (Å²) in [5.41, 5.74) is 0.595. The third-order valence-corrected chi connectivity index (χ3v) is 3.70. The van der Waals surface area contributed by atoms with Gasteiger partial charge in [0.1, 0.15) is 11.6 Å². The highest BCUT2D eigenvalue weighted by Crippen LogP contribution is 2.23. The van der Waals surface area contributed by atoms with Crippen molar-refractivity contribution < 1.29 is 18.7 Å². The van der Waals surface area contributed by atoms with Gasteiger partial charge in [-0.2, -0.15) is 0 Å². The second kappa shape index (κ2) is 6.58. The van der Waals surface area contributed by atoms with Crippen LogP contribution in [-0.2, 0) is 18.0 Å². The predicted molar refractivity (Wildman–Crippen MR) is 73.6 cm³/mol. The third-order valence-electron chi connectivity index (χ3n) is 2.53. The maximum absolute atomic E-state index is 13.4. The number of para-hydroxylation sites is 1. The van der Waals surface area contributed by atoms with Crippen molar-refractivity contribution in [3.8, 4) is 5.75 Å². The first-order valence-corrected chi connectivity index (χ1v) is 6.79. The molecule has 0 aliphatic rings. The third kappa shape index (κ3) is 3.40. The van der Waals surface area contributed by atoms with E-state index < -0.39 is 5.82 Å². The molecule has 2 aromatic rings. The molecule has 4 nitrogen and oxygen atoms in total. The molecule has 106 valence electrons. The van der Waals surface area contributed by atoms with Gasteiger partial charge in [-0.15, -0.1) is 11.3 Å². The van der Waals surface area contributed by atoms with Crippen LogP contribution in [0, 0.1) is 5.82 Å². The number of methoxy groups -OCH3 is 1. The van der Waals surface area contributed by atoms with Gasteiger partial charge in [0.25, 0.3) is 0 Å². The van der Waals surface area contributed by atoms with Gasteiger partial charge in [-0.1, -0.05) is 12.1 Å². The lowest BCUT2D eigenvalue weighted by Crippen LogP contribution is -1.99. The van der Waals surface area contributed by atoms with Gasteiger partial charge >= 0.3 is 0 Å². The van der Waals surface area contributed by atoms with Crippen LogP contribution in [-0.4, -0.2) is 17.9 Å². The number of ether oxygens (including phenoxy) is 2. The lowest BCUT2D eigenvalue weighted by molar-refractivity contribution is 0.101. The van der Waals surface area contributed by atoms with Crippen molar-refractivity contribution in [1.82, 2.24) is 4.98 Å². The molecule has 6 heteroatoms. The minimum Gasteiger partial charge on any atom is -0.483 e. The number of rotatable bonds is 6. The molecule has 20 heavy (non-hydrogen) atoms. The van der Waals surface area contributed by atoms with E-state index in [1.165, 1.54) is 24.3 Å². The zero-order valence-corrected chi connectivity index (χ0v) is 12.0. The van der Waals surface area contributed by atoms with Crippen molar-refractivity contribution in [3.05, 3.63) is 45.7 Å². The largest absolute Gasteiger partial charge is 0.483 e. The highest BCUT2D eigenvalue weighted by molar-refractivity contribution is 7.13. The van der Waals surface area contributed by atoms with Crippen LogP contribution in [0.25, 0.3) is 0 Å². The van der Waals surface area contributed by atoms with Crippen LogP contribution in [0.3, 0.4) is 0 Å². The molecule has 0 aliphatic heterocycles. The maximum atomic E-state index is 13.4. The molecule has 1 aromatic heterocycles. The number of ketones is 1. The molecular formula is C14H14FNO3S. The van der Waals surface area contributed by atoms with Crippen LogP contribution in [0.2, 0.25) is 0 Å². The quantitative estimate of drug-likeness (QED) is 0.768. The van der Waals surface area contributed by atoms with Crippen molar-refractivity contribution in [2.45, 2.75) is 20.1 Å². The summed E-state index contributed by atoms with van der Waals surface area (Å²) in [6.07, 6.45) is 0. The molecule has 2 rings (SSSR count). The van der Waals surface area contributed by atoms with Crippen molar-refractivity contribution in [3.63, 3.8) is 0 Å². The Balaban J connectivity index is 2.12. The molecule has 0 spiro atoms. The molecule has 1 aromatic carbocycles. The fourth-order valence-electron chi connectivity index (χ4n) is 1.67. The topological polar surface area (TPSA) is 48.4 Å². The molecule has 0 unspecified atom stereocenters. The average molecular weight is 295 g/mol. The molecule has 0 bridgehead atoms. The summed E-state index contributed by atoms with van der Waals surface area (Å²) in [4.78, 5) is 16.3. The van der Waals surface area contributed by atoms with Gasteiger partial charge in [0, 0.05) is 14.0 Å². The first-order chi connectivity index (χ1) is 9.61. The normalized spacial score (nSPS) is 10.6. The van der Waals surface area contributed by atoms with Crippen LogP contribution in [0.5, 0.6) is 5.75 Å². The SMILES string of the molecule is COCc1nc(COc2ccccc2F)sc1C(C)=O. The van der Waals surface area contributed by atoms with Gasteiger partial charge < -0.3 is 9.47 Å². The van der Waals surface area contributed by atoms with Gasteiger partial charge in [0.2, 0.25) is 0 Å². The first-order valence-electron chi connectivity index (χ1n) is 5.97.